The summed E-state index contributed by atoms with van der Waals surface area (Å²) >= 11 is 0. The number of carbonyl (C=O) groups is 2. The van der Waals surface area contributed by atoms with Crippen molar-refractivity contribution in [1.29, 1.82) is 0 Å². The number of amides is 1. The fourth-order valence-corrected chi connectivity index (χ4v) is 3.10. The van der Waals surface area contributed by atoms with Crippen LogP contribution in [0.4, 0.5) is 5.69 Å². The topological polar surface area (TPSA) is 110 Å². The first-order valence-corrected chi connectivity index (χ1v) is 8.62. The van der Waals surface area contributed by atoms with Crippen LogP contribution in [0.25, 0.3) is 10.8 Å². The third-order valence-corrected chi connectivity index (χ3v) is 4.63. The van der Waals surface area contributed by atoms with Crippen molar-refractivity contribution in [3.8, 4) is 0 Å². The van der Waals surface area contributed by atoms with Gasteiger partial charge in [0.25, 0.3) is 11.6 Å². The van der Waals surface area contributed by atoms with Gasteiger partial charge >= 0.3 is 5.97 Å². The average Bonchev–Trinajstić information content (AvgIpc) is 2.68. The van der Waals surface area contributed by atoms with Gasteiger partial charge in [0, 0.05) is 24.1 Å². The molecule has 0 spiro atoms. The number of non-ortho nitro benzene ring substituents is 1. The minimum absolute atomic E-state index is 0.0195. The Morgan fingerprint density at radius 1 is 1.07 bits per heavy atom. The first-order chi connectivity index (χ1) is 13.4. The highest BCUT2D eigenvalue weighted by atomic mass is 16.6. The van der Waals surface area contributed by atoms with E-state index in [2.05, 4.69) is 5.32 Å². The van der Waals surface area contributed by atoms with Gasteiger partial charge < -0.3 is 10.4 Å². The number of carboxylic acids is 1. The van der Waals surface area contributed by atoms with Gasteiger partial charge in [0.05, 0.1) is 4.92 Å². The monoisotopic (exact) mass is 378 g/mol. The Morgan fingerprint density at radius 2 is 1.75 bits per heavy atom. The Bertz CT molecular complexity index is 1060. The van der Waals surface area contributed by atoms with Gasteiger partial charge in [0.15, 0.2) is 0 Å². The Balaban J connectivity index is 1.80. The van der Waals surface area contributed by atoms with E-state index in [0.29, 0.717) is 11.1 Å². The van der Waals surface area contributed by atoms with Gasteiger partial charge in [-0.15, -0.1) is 0 Å². The molecule has 0 heterocycles. The molecule has 1 amide bonds. The second-order valence-corrected chi connectivity index (χ2v) is 6.45. The van der Waals surface area contributed by atoms with Crippen LogP contribution < -0.4 is 5.32 Å². The van der Waals surface area contributed by atoms with E-state index >= 15 is 0 Å². The summed E-state index contributed by atoms with van der Waals surface area (Å²) in [4.78, 5) is 34.5. The standard InChI is InChI=1S/C21H18N2O5/c1-13-17-5-3-2-4-15(17)8-11-18(13)20(24)22-19(21(25)26)12-14-6-9-16(10-7-14)23(27)28/h2-11,19H,12H2,1H3,(H,22,24)(H,25,26)/t19-/m0/s1. The zero-order valence-electron chi connectivity index (χ0n) is 15.1. The molecule has 0 unspecified atom stereocenters. The Morgan fingerprint density at radius 3 is 2.39 bits per heavy atom. The molecular formula is C21H18N2O5. The molecule has 7 heteroatoms. The lowest BCUT2D eigenvalue weighted by Crippen LogP contribution is -2.42. The van der Waals surface area contributed by atoms with Crippen LogP contribution in [0.15, 0.2) is 60.7 Å². The van der Waals surface area contributed by atoms with Crippen LogP contribution in [0.3, 0.4) is 0 Å². The van der Waals surface area contributed by atoms with E-state index in [4.69, 9.17) is 0 Å². The van der Waals surface area contributed by atoms with E-state index in [1.165, 1.54) is 24.3 Å². The van der Waals surface area contributed by atoms with Crippen molar-refractivity contribution in [3.63, 3.8) is 0 Å². The number of nitro benzene ring substituents is 1. The fourth-order valence-electron chi connectivity index (χ4n) is 3.10. The first kappa shape index (κ1) is 19.0. The number of nitro groups is 1. The molecule has 3 aromatic carbocycles. The van der Waals surface area contributed by atoms with E-state index in [-0.39, 0.29) is 12.1 Å². The third-order valence-electron chi connectivity index (χ3n) is 4.63. The van der Waals surface area contributed by atoms with Crippen molar-refractivity contribution in [1.82, 2.24) is 5.32 Å². The van der Waals surface area contributed by atoms with Crippen LogP contribution in [0.5, 0.6) is 0 Å². The summed E-state index contributed by atoms with van der Waals surface area (Å²) in [6.45, 7) is 1.82. The Kier molecular flexibility index (Phi) is 5.35. The lowest BCUT2D eigenvalue weighted by atomic mass is 9.99. The normalized spacial score (nSPS) is 11.8. The van der Waals surface area contributed by atoms with E-state index in [9.17, 15) is 24.8 Å². The highest BCUT2D eigenvalue weighted by Crippen LogP contribution is 2.22. The molecule has 0 fully saturated rings. The van der Waals surface area contributed by atoms with Crippen LogP contribution >= 0.6 is 0 Å². The number of benzene rings is 3. The maximum atomic E-state index is 12.7. The lowest BCUT2D eigenvalue weighted by Gasteiger charge is -2.16. The second kappa shape index (κ2) is 7.87. The third kappa shape index (κ3) is 3.98. The van der Waals surface area contributed by atoms with Crippen LogP contribution in [0.1, 0.15) is 21.5 Å². The fraction of sp³-hybridized carbons (Fsp3) is 0.143. The van der Waals surface area contributed by atoms with Crippen molar-refractivity contribution in [3.05, 3.63) is 87.5 Å². The van der Waals surface area contributed by atoms with Gasteiger partial charge in [-0.2, -0.15) is 0 Å². The molecule has 142 valence electrons. The zero-order valence-corrected chi connectivity index (χ0v) is 15.1. The zero-order chi connectivity index (χ0) is 20.3. The minimum Gasteiger partial charge on any atom is -0.480 e. The summed E-state index contributed by atoms with van der Waals surface area (Å²) < 4.78 is 0. The number of nitrogens with one attached hydrogen (secondary N) is 1. The van der Waals surface area contributed by atoms with Crippen molar-refractivity contribution < 1.29 is 19.6 Å². The first-order valence-electron chi connectivity index (χ1n) is 8.62. The summed E-state index contributed by atoms with van der Waals surface area (Å²) in [5.74, 6) is -1.65. The molecule has 0 saturated heterocycles. The molecule has 7 nitrogen and oxygen atoms in total. The highest BCUT2D eigenvalue weighted by molar-refractivity contribution is 6.02. The molecule has 0 bridgehead atoms. The van der Waals surface area contributed by atoms with E-state index in [0.717, 1.165) is 16.3 Å². The molecule has 0 aromatic heterocycles. The van der Waals surface area contributed by atoms with E-state index in [1.54, 1.807) is 6.07 Å². The van der Waals surface area contributed by atoms with Gasteiger partial charge in [-0.1, -0.05) is 42.5 Å². The highest BCUT2D eigenvalue weighted by Gasteiger charge is 2.22. The van der Waals surface area contributed by atoms with Gasteiger partial charge in [0.2, 0.25) is 0 Å². The van der Waals surface area contributed by atoms with E-state index < -0.39 is 22.8 Å². The summed E-state index contributed by atoms with van der Waals surface area (Å²) in [7, 11) is 0. The molecular weight excluding hydrogens is 360 g/mol. The number of aryl methyl sites for hydroxylation is 1. The van der Waals surface area contributed by atoms with Crippen LogP contribution in [0.2, 0.25) is 0 Å². The van der Waals surface area contributed by atoms with Crippen molar-refractivity contribution in [2.75, 3.05) is 0 Å². The number of hydrogen-bond acceptors (Lipinski definition) is 4. The Hall–Kier alpha value is -3.74. The molecule has 2 N–H and O–H groups in total. The van der Waals surface area contributed by atoms with Crippen molar-refractivity contribution >= 4 is 28.3 Å². The van der Waals surface area contributed by atoms with Gasteiger partial charge in [0.1, 0.15) is 6.04 Å². The number of hydrogen-bond donors (Lipinski definition) is 2. The second-order valence-electron chi connectivity index (χ2n) is 6.45. The molecule has 0 radical (unpaired) electrons. The summed E-state index contributed by atoms with van der Waals surface area (Å²) in [6, 6.07) is 15.6. The number of rotatable bonds is 6. The summed E-state index contributed by atoms with van der Waals surface area (Å²) in [6.07, 6.45) is 0.0195. The minimum atomic E-state index is -1.18. The molecule has 3 aromatic rings. The molecule has 0 saturated carbocycles. The van der Waals surface area contributed by atoms with Gasteiger partial charge in [-0.05, 0) is 34.9 Å². The predicted molar refractivity (Wildman–Crippen MR) is 104 cm³/mol. The van der Waals surface area contributed by atoms with Crippen molar-refractivity contribution in [2.24, 2.45) is 0 Å². The smallest absolute Gasteiger partial charge is 0.326 e. The van der Waals surface area contributed by atoms with Gasteiger partial charge in [-0.25, -0.2) is 4.79 Å². The van der Waals surface area contributed by atoms with Crippen LogP contribution in [-0.2, 0) is 11.2 Å². The SMILES string of the molecule is Cc1c(C(=O)N[C@@H](Cc2ccc([N+](=O)[O-])cc2)C(=O)O)ccc2ccccc12. The summed E-state index contributed by atoms with van der Waals surface area (Å²) in [5, 5.41) is 24.7. The number of fused-ring (bicyclic) bond motifs is 1. The van der Waals surface area contributed by atoms with E-state index in [1.807, 2.05) is 37.3 Å². The average molecular weight is 378 g/mol. The maximum absolute atomic E-state index is 12.7. The molecule has 3 rings (SSSR count). The molecule has 0 aliphatic carbocycles. The maximum Gasteiger partial charge on any atom is 0.326 e. The number of carboxylic acid groups (broad SMARTS) is 1. The number of nitrogens with zero attached hydrogens (tertiary/aromatic N) is 1. The molecule has 28 heavy (non-hydrogen) atoms. The largest absolute Gasteiger partial charge is 0.480 e. The van der Waals surface area contributed by atoms with Crippen LogP contribution in [-0.4, -0.2) is 27.9 Å². The molecule has 0 aliphatic rings. The van der Waals surface area contributed by atoms with Crippen LogP contribution in [0, 0.1) is 17.0 Å². The van der Waals surface area contributed by atoms with Crippen molar-refractivity contribution in [2.45, 2.75) is 19.4 Å². The Labute approximate surface area is 160 Å². The van der Waals surface area contributed by atoms with Gasteiger partial charge in [-0.3, -0.25) is 14.9 Å². The lowest BCUT2D eigenvalue weighted by molar-refractivity contribution is -0.384. The quantitative estimate of drug-likeness (QED) is 0.504. The number of carbonyl (C=O) groups excluding carboxylic acids is 1. The molecule has 0 aliphatic heterocycles. The summed E-state index contributed by atoms with van der Waals surface area (Å²) in [5.41, 5.74) is 1.68. The predicted octanol–water partition coefficient (Wildman–Crippen LogP) is 3.48. The molecule has 1 atom stereocenters. The number of aliphatic carboxylic acids is 1.